The molecule has 0 amide bonds. The first-order chi connectivity index (χ1) is 14.7. The summed E-state index contributed by atoms with van der Waals surface area (Å²) in [5.41, 5.74) is 3.34. The fourth-order valence-electron chi connectivity index (χ4n) is 3.08. The van der Waals surface area contributed by atoms with E-state index in [1.165, 1.54) is 5.30 Å². The first kappa shape index (κ1) is 22.9. The Morgan fingerprint density at radius 3 is 1.57 bits per heavy atom. The van der Waals surface area contributed by atoms with Gasteiger partial charge in [-0.2, -0.15) is 0 Å². The van der Waals surface area contributed by atoms with Crippen molar-refractivity contribution in [3.63, 3.8) is 0 Å². The molecule has 0 aromatic heterocycles. The molecule has 1 atom stereocenters. The van der Waals surface area contributed by atoms with Gasteiger partial charge >= 0.3 is 35.6 Å². The van der Waals surface area contributed by atoms with Gasteiger partial charge in [0.2, 0.25) is 0 Å². The van der Waals surface area contributed by atoms with Crippen LogP contribution in [-0.2, 0) is 17.0 Å². The molecule has 0 radical (unpaired) electrons. The molecule has 6 heteroatoms. The van der Waals surface area contributed by atoms with Gasteiger partial charge < -0.3 is 10.0 Å². The zero-order valence-electron chi connectivity index (χ0n) is 16.0. The quantitative estimate of drug-likeness (QED) is 0.245. The maximum atomic E-state index is 10.2. The molecule has 2 nitrogen and oxygen atoms in total. The average Bonchev–Trinajstić information content (AvgIpc) is 2.79. The van der Waals surface area contributed by atoms with Gasteiger partial charge in [-0.1, -0.05) is 81.4 Å². The van der Waals surface area contributed by atoms with E-state index in [0.29, 0.717) is 14.3 Å². The van der Waals surface area contributed by atoms with Crippen LogP contribution in [0.25, 0.3) is 0 Å². The van der Waals surface area contributed by atoms with Gasteiger partial charge in [-0.3, -0.25) is 0 Å². The Bertz CT molecular complexity index is 1010. The van der Waals surface area contributed by atoms with E-state index in [0.717, 1.165) is 22.4 Å². The van der Waals surface area contributed by atoms with Gasteiger partial charge in [-0.05, 0) is 36.4 Å². The summed E-state index contributed by atoms with van der Waals surface area (Å²) in [6, 6.07) is 36.7. The van der Waals surface area contributed by atoms with Crippen LogP contribution in [0.2, 0.25) is 0 Å². The van der Waals surface area contributed by atoms with E-state index in [1.807, 2.05) is 30.3 Å². The summed E-state index contributed by atoms with van der Waals surface area (Å²) in [5.74, 6) is 0.344. The van der Waals surface area contributed by atoms with E-state index >= 15 is 0 Å². The van der Waals surface area contributed by atoms with Crippen LogP contribution in [-0.4, -0.2) is 5.11 Å². The first-order valence-electron chi connectivity index (χ1n) is 9.25. The maximum absolute atomic E-state index is 10.2. The van der Waals surface area contributed by atoms with E-state index in [1.54, 1.807) is 6.07 Å². The second kappa shape index (κ2) is 12.2. The number of hydrogen-bond donors (Lipinski definition) is 1. The molecule has 150 valence electrons. The zero-order chi connectivity index (χ0) is 21.2. The number of rotatable bonds is 5. The molecular weight excluding hydrogens is 468 g/mol. The molecule has 30 heavy (non-hydrogen) atoms. The minimum atomic E-state index is -0.556. The molecule has 0 bridgehead atoms. The molecule has 4 aromatic carbocycles. The van der Waals surface area contributed by atoms with Crippen molar-refractivity contribution in [1.29, 1.82) is 0 Å². The minimum absolute atomic E-state index is 0.344. The molecule has 0 saturated heterocycles. The van der Waals surface area contributed by atoms with Gasteiger partial charge in [-0.15, -0.1) is 0 Å². The van der Waals surface area contributed by atoms with Crippen molar-refractivity contribution in [3.05, 3.63) is 109 Å². The van der Waals surface area contributed by atoms with Crippen molar-refractivity contribution >= 4 is 54.9 Å². The third kappa shape index (κ3) is 6.11. The third-order valence-corrected chi connectivity index (χ3v) is 5.73. The number of benzene rings is 4. The number of para-hydroxylation sites is 4. The summed E-state index contributed by atoms with van der Waals surface area (Å²) in [4.78, 5) is 2.27. The van der Waals surface area contributed by atoms with Crippen LogP contribution in [0.5, 0.6) is 5.75 Å². The van der Waals surface area contributed by atoms with Crippen LogP contribution >= 0.6 is 27.2 Å². The average molecular weight is 488 g/mol. The van der Waals surface area contributed by atoms with E-state index in [2.05, 4.69) is 77.7 Å². The first-order valence-corrected chi connectivity index (χ1v) is 14.5. The molecule has 0 aliphatic carbocycles. The Labute approximate surface area is 195 Å². The topological polar surface area (TPSA) is 23.5 Å². The fraction of sp³-hybridized carbons (Fsp3) is 0. The molecule has 0 saturated carbocycles. The number of anilines is 3. The van der Waals surface area contributed by atoms with Crippen molar-refractivity contribution in [3.8, 4) is 5.75 Å². The summed E-state index contributed by atoms with van der Waals surface area (Å²) in [7, 11) is 10.1. The molecule has 0 aliphatic heterocycles. The van der Waals surface area contributed by atoms with E-state index < -0.39 is 17.0 Å². The Hall–Kier alpha value is -1.80. The van der Waals surface area contributed by atoms with E-state index in [9.17, 15) is 5.11 Å². The van der Waals surface area contributed by atoms with Gasteiger partial charge in [0.05, 0.1) is 5.69 Å². The predicted molar refractivity (Wildman–Crippen MR) is 129 cm³/mol. The van der Waals surface area contributed by atoms with Crippen LogP contribution < -0.4 is 15.5 Å². The molecule has 0 aliphatic rings. The summed E-state index contributed by atoms with van der Waals surface area (Å²) in [6.07, 6.45) is 0. The number of phenolic OH excluding ortho intramolecular Hbond substituents is 1. The van der Waals surface area contributed by atoms with Crippen LogP contribution in [0, 0.1) is 0 Å². The summed E-state index contributed by atoms with van der Waals surface area (Å²) >= 11 is -0.556. The fourth-order valence-corrected chi connectivity index (χ4v) is 4.26. The van der Waals surface area contributed by atoms with Crippen molar-refractivity contribution in [1.82, 2.24) is 0 Å². The van der Waals surface area contributed by atoms with Crippen LogP contribution in [0.3, 0.4) is 0 Å². The normalized spacial score (nSPS) is 10.3. The second-order valence-electron chi connectivity index (χ2n) is 6.24. The molecule has 4 aromatic rings. The monoisotopic (exact) mass is 487 g/mol. The van der Waals surface area contributed by atoms with E-state index in [-0.39, 0.29) is 0 Å². The number of halogens is 2. The van der Waals surface area contributed by atoms with Crippen molar-refractivity contribution in [2.24, 2.45) is 0 Å². The van der Waals surface area contributed by atoms with Gasteiger partial charge in [0.1, 0.15) is 5.75 Å². The molecular formula is C24H20Cl2NOPTi. The number of hydrogen-bond acceptors (Lipinski definition) is 2. The predicted octanol–water partition coefficient (Wildman–Crippen LogP) is 6.87. The second-order valence-corrected chi connectivity index (χ2v) is 10.1. The molecule has 1 unspecified atom stereocenters. The Kier molecular flexibility index (Phi) is 9.27. The summed E-state index contributed by atoms with van der Waals surface area (Å²) in [6.45, 7) is 0. The van der Waals surface area contributed by atoms with Crippen LogP contribution in [0.1, 0.15) is 0 Å². The number of phenols is 1. The number of nitrogens with zero attached hydrogens (tertiary/aromatic N) is 1. The zero-order valence-corrected chi connectivity index (χ0v) is 20.1. The van der Waals surface area contributed by atoms with Gasteiger partial charge in [0.25, 0.3) is 0 Å². The molecule has 0 spiro atoms. The third-order valence-electron chi connectivity index (χ3n) is 4.35. The number of aromatic hydroxyl groups is 1. The Morgan fingerprint density at radius 2 is 1.03 bits per heavy atom. The molecule has 0 heterocycles. The van der Waals surface area contributed by atoms with Crippen LogP contribution in [0.4, 0.5) is 17.1 Å². The molecule has 4 rings (SSSR count). The molecule has 1 N–H and O–H groups in total. The van der Waals surface area contributed by atoms with Gasteiger partial charge in [-0.25, -0.2) is 0 Å². The summed E-state index contributed by atoms with van der Waals surface area (Å²) in [5, 5.41) is 12.4. The van der Waals surface area contributed by atoms with Gasteiger partial charge in [0.15, 0.2) is 0 Å². The molecule has 0 fully saturated rings. The van der Waals surface area contributed by atoms with Crippen molar-refractivity contribution in [2.75, 3.05) is 4.90 Å². The van der Waals surface area contributed by atoms with Crippen LogP contribution in [0.15, 0.2) is 109 Å². The van der Waals surface area contributed by atoms with Crippen molar-refractivity contribution in [2.45, 2.75) is 0 Å². The van der Waals surface area contributed by atoms with E-state index in [4.69, 9.17) is 18.6 Å². The standard InChI is InChI=1S/C24H20NOP.2ClH.Ti/c26-22-16-8-10-18-24(22)27-23-17-9-7-15-21(23)25(19-11-3-1-4-12-19)20-13-5-2-6-14-20;;;/h1-18,26-27H;2*1H;/q;;;+2/p-2. The Morgan fingerprint density at radius 1 is 0.600 bits per heavy atom. The summed E-state index contributed by atoms with van der Waals surface area (Å²) < 4.78 is 0. The SMILES string of the molecule is Oc1ccccc1Pc1ccccc1N(c1ccccc1)c1ccccc1.[Cl][Ti][Cl]. The van der Waals surface area contributed by atoms with Crippen molar-refractivity contribution < 1.29 is 22.1 Å². The van der Waals surface area contributed by atoms with Gasteiger partial charge in [0, 0.05) is 22.0 Å². The Balaban J connectivity index is 0.000000806.